The minimum atomic E-state index is -0.844. The van der Waals surface area contributed by atoms with Gasteiger partial charge in [-0.1, -0.05) is 0 Å². The fourth-order valence-corrected chi connectivity index (χ4v) is 5.63. The highest BCUT2D eigenvalue weighted by Crippen LogP contribution is 2.44. The fraction of sp³-hybridized carbons (Fsp3) is 0.512. The Balaban J connectivity index is 2.40. The van der Waals surface area contributed by atoms with Gasteiger partial charge in [0.2, 0.25) is 12.2 Å². The molecule has 0 spiro atoms. The van der Waals surface area contributed by atoms with Crippen LogP contribution in [-0.2, 0) is 60.8 Å². The summed E-state index contributed by atoms with van der Waals surface area (Å²) < 4.78 is 44.5. The molecule has 0 radical (unpaired) electrons. The third-order valence-corrected chi connectivity index (χ3v) is 7.29. The molecule has 3 aromatic rings. The van der Waals surface area contributed by atoms with Crippen molar-refractivity contribution in [2.45, 2.75) is 110 Å². The topological polar surface area (TPSA) is 201 Å². The van der Waals surface area contributed by atoms with Crippen molar-refractivity contribution in [3.63, 3.8) is 0 Å². The first-order valence-electron chi connectivity index (χ1n) is 18.0. The molecule has 0 aromatic heterocycles. The number of alkyl halides is 1. The summed E-state index contributed by atoms with van der Waals surface area (Å²) in [6.07, 6.45) is 3.08. The van der Waals surface area contributed by atoms with Crippen molar-refractivity contribution in [3.8, 4) is 23.0 Å². The standard InChI is InChI=1S/C41H49IN2O14/c1-38(2,3)55-34(47)18-51-30-12-24-25(13-31(30)52-19-35(48)56-39(4,5)6)29(17-44-23-46)27-15-33(54-21-37(50)58-41(10,11)42)32(14-26(27)28(24)16-43-22-45)53-20-36(49)57-40(7,8)9/h12-15H,16-21H2,1-11H3. The summed E-state index contributed by atoms with van der Waals surface area (Å²) in [5.41, 5.74) is -1.65. The maximum Gasteiger partial charge on any atom is 0.345 e. The average molecular weight is 921 g/mol. The zero-order valence-electron chi connectivity index (χ0n) is 34.5. The molecule has 0 N–H and O–H groups in total. The van der Waals surface area contributed by atoms with Crippen molar-refractivity contribution in [1.29, 1.82) is 0 Å². The maximum absolute atomic E-state index is 12.7. The molecular formula is C41H49IN2O14. The Kier molecular flexibility index (Phi) is 15.8. The number of esters is 4. The van der Waals surface area contributed by atoms with E-state index < -0.39 is 70.7 Å². The van der Waals surface area contributed by atoms with Gasteiger partial charge >= 0.3 is 23.9 Å². The SMILES string of the molecule is CC(C)(C)OC(=O)COc1cc2c(CN=C=O)c3cc(OCC(=O)OC(C)(C)C)c(OCC(=O)OC(C)(C)I)cc3c(CN=C=O)c2cc1OCC(=O)OC(C)(C)C. The van der Waals surface area contributed by atoms with Gasteiger partial charge in [-0.15, -0.1) is 0 Å². The Morgan fingerprint density at radius 2 is 0.724 bits per heavy atom. The van der Waals surface area contributed by atoms with Gasteiger partial charge < -0.3 is 37.9 Å². The fourth-order valence-electron chi connectivity index (χ4n) is 5.38. The molecule has 0 fully saturated rings. The number of carbonyl (C=O) groups is 4. The molecule has 314 valence electrons. The summed E-state index contributed by atoms with van der Waals surface area (Å²) in [6.45, 7) is 15.9. The van der Waals surface area contributed by atoms with Crippen molar-refractivity contribution in [3.05, 3.63) is 35.4 Å². The number of nitrogens with zero attached hydrogens (tertiary/aromatic N) is 2. The molecule has 16 nitrogen and oxygen atoms in total. The summed E-state index contributed by atoms with van der Waals surface area (Å²) in [7, 11) is 0. The lowest BCUT2D eigenvalue weighted by Crippen LogP contribution is -2.28. The van der Waals surface area contributed by atoms with Crippen molar-refractivity contribution in [2.75, 3.05) is 26.4 Å². The Bertz CT molecular complexity index is 1850. The van der Waals surface area contributed by atoms with Crippen LogP contribution < -0.4 is 18.9 Å². The van der Waals surface area contributed by atoms with Crippen molar-refractivity contribution >= 4 is 80.2 Å². The highest BCUT2D eigenvalue weighted by atomic mass is 127. The predicted molar refractivity (Wildman–Crippen MR) is 219 cm³/mol. The van der Waals surface area contributed by atoms with Crippen LogP contribution in [0.5, 0.6) is 23.0 Å². The largest absolute Gasteiger partial charge is 0.478 e. The van der Waals surface area contributed by atoms with Gasteiger partial charge in [-0.25, -0.2) is 38.8 Å². The second-order valence-electron chi connectivity index (χ2n) is 16.2. The minimum absolute atomic E-state index is 0.000357. The maximum atomic E-state index is 12.7. The molecular weight excluding hydrogens is 871 g/mol. The Morgan fingerprint density at radius 1 is 0.483 bits per heavy atom. The van der Waals surface area contributed by atoms with Gasteiger partial charge in [0.05, 0.1) is 13.1 Å². The summed E-state index contributed by atoms with van der Waals surface area (Å²) in [5, 5.41) is 1.58. The number of benzene rings is 3. The molecule has 0 atom stereocenters. The van der Waals surface area contributed by atoms with Crippen LogP contribution in [0.3, 0.4) is 0 Å². The molecule has 0 heterocycles. The van der Waals surface area contributed by atoms with E-state index in [4.69, 9.17) is 37.9 Å². The molecule has 0 aliphatic rings. The lowest BCUT2D eigenvalue weighted by atomic mass is 9.90. The van der Waals surface area contributed by atoms with Gasteiger partial charge in [-0.3, -0.25) is 0 Å². The van der Waals surface area contributed by atoms with Gasteiger partial charge in [0.25, 0.3) is 0 Å². The monoisotopic (exact) mass is 920 g/mol. The minimum Gasteiger partial charge on any atom is -0.478 e. The molecule has 0 bridgehead atoms. The van der Waals surface area contributed by atoms with Gasteiger partial charge in [0.1, 0.15) is 16.8 Å². The second-order valence-corrected chi connectivity index (χ2v) is 18.8. The number of ether oxygens (including phenoxy) is 8. The number of fused-ring (bicyclic) bond motifs is 2. The molecule has 58 heavy (non-hydrogen) atoms. The first kappa shape index (κ1) is 47.1. The highest BCUT2D eigenvalue weighted by molar-refractivity contribution is 14.1. The molecule has 17 heteroatoms. The smallest absolute Gasteiger partial charge is 0.345 e. The van der Waals surface area contributed by atoms with E-state index in [1.54, 1.807) is 88.3 Å². The van der Waals surface area contributed by atoms with Crippen LogP contribution in [0.2, 0.25) is 0 Å². The second kappa shape index (κ2) is 19.5. The number of carbonyl (C=O) groups excluding carboxylic acids is 6. The highest BCUT2D eigenvalue weighted by Gasteiger charge is 2.26. The lowest BCUT2D eigenvalue weighted by Gasteiger charge is -2.23. The molecule has 0 saturated heterocycles. The van der Waals surface area contributed by atoms with E-state index in [-0.39, 0.29) is 36.1 Å². The van der Waals surface area contributed by atoms with E-state index in [9.17, 15) is 28.8 Å². The van der Waals surface area contributed by atoms with Crippen LogP contribution in [0.4, 0.5) is 0 Å². The van der Waals surface area contributed by atoms with E-state index in [0.29, 0.717) is 32.7 Å². The molecule has 0 amide bonds. The summed E-state index contributed by atoms with van der Waals surface area (Å²) >= 11 is 1.95. The van der Waals surface area contributed by atoms with E-state index in [0.717, 1.165) is 0 Å². The number of aliphatic imine (C=N–C) groups is 2. The number of hydrogen-bond donors (Lipinski definition) is 0. The predicted octanol–water partition coefficient (Wildman–Crippen LogP) is 6.92. The van der Waals surface area contributed by atoms with Gasteiger partial charge in [-0.05, 0) is 156 Å². The van der Waals surface area contributed by atoms with Gasteiger partial charge in [-0.2, -0.15) is 0 Å². The average Bonchev–Trinajstić information content (AvgIpc) is 3.06. The van der Waals surface area contributed by atoms with Crippen molar-refractivity contribution < 1.29 is 66.7 Å². The van der Waals surface area contributed by atoms with Crippen molar-refractivity contribution in [1.82, 2.24) is 0 Å². The van der Waals surface area contributed by atoms with Crippen LogP contribution in [0.25, 0.3) is 21.5 Å². The Morgan fingerprint density at radius 3 is 0.931 bits per heavy atom. The normalized spacial score (nSPS) is 11.8. The van der Waals surface area contributed by atoms with Crippen LogP contribution >= 0.6 is 22.6 Å². The summed E-state index contributed by atoms with van der Waals surface area (Å²) in [6, 6.07) is 6.06. The first-order chi connectivity index (χ1) is 26.8. The Hall–Kier alpha value is -5.25. The third-order valence-electron chi connectivity index (χ3n) is 7.07. The van der Waals surface area contributed by atoms with E-state index in [2.05, 4.69) is 9.98 Å². The number of rotatable bonds is 17. The van der Waals surface area contributed by atoms with Crippen LogP contribution in [-0.4, -0.2) is 82.9 Å². The van der Waals surface area contributed by atoms with Gasteiger partial charge in [0.15, 0.2) is 53.0 Å². The van der Waals surface area contributed by atoms with E-state index >= 15 is 0 Å². The summed E-state index contributed by atoms with van der Waals surface area (Å²) in [5.74, 6) is -2.78. The molecule has 0 saturated carbocycles. The number of isocyanates is 2. The molecule has 0 aliphatic heterocycles. The van der Waals surface area contributed by atoms with Crippen LogP contribution in [0, 0.1) is 0 Å². The quantitative estimate of drug-likeness (QED) is 0.0257. The molecule has 3 aromatic carbocycles. The van der Waals surface area contributed by atoms with Gasteiger partial charge in [0, 0.05) is 0 Å². The lowest BCUT2D eigenvalue weighted by molar-refractivity contribution is -0.158. The Labute approximate surface area is 350 Å². The number of halogens is 1. The molecule has 0 aliphatic carbocycles. The van der Waals surface area contributed by atoms with Crippen LogP contribution in [0.1, 0.15) is 87.3 Å². The zero-order valence-corrected chi connectivity index (χ0v) is 36.7. The number of hydrogen-bond acceptors (Lipinski definition) is 16. The van der Waals surface area contributed by atoms with E-state index in [1.165, 1.54) is 24.3 Å². The molecule has 3 rings (SSSR count). The third kappa shape index (κ3) is 15.3. The first-order valence-corrected chi connectivity index (χ1v) is 19.1. The van der Waals surface area contributed by atoms with Crippen molar-refractivity contribution in [2.24, 2.45) is 9.98 Å². The van der Waals surface area contributed by atoms with E-state index in [1.807, 2.05) is 22.6 Å². The summed E-state index contributed by atoms with van der Waals surface area (Å²) in [4.78, 5) is 81.8. The zero-order chi connectivity index (χ0) is 43.6. The molecule has 0 unspecified atom stereocenters. The van der Waals surface area contributed by atoms with Crippen LogP contribution in [0.15, 0.2) is 34.3 Å².